The minimum atomic E-state index is -4.07. The Morgan fingerprint density at radius 3 is 1.86 bits per heavy atom. The first kappa shape index (κ1) is 34.7. The summed E-state index contributed by atoms with van der Waals surface area (Å²) in [5.74, 6) is 0. The van der Waals surface area contributed by atoms with Gasteiger partial charge in [0.1, 0.15) is 19.3 Å². The van der Waals surface area contributed by atoms with Crippen molar-refractivity contribution in [3.8, 4) is 0 Å². The molecule has 0 saturated heterocycles. The third-order valence-electron chi connectivity index (χ3n) is 5.88. The van der Waals surface area contributed by atoms with Crippen molar-refractivity contribution in [1.29, 1.82) is 0 Å². The third kappa shape index (κ3) is 26.6. The lowest BCUT2D eigenvalue weighted by Crippen LogP contribution is -2.37. The Bertz CT molecular complexity index is 538. The quantitative estimate of drug-likeness (QED) is 0.0577. The van der Waals surface area contributed by atoms with Crippen LogP contribution >= 0.6 is 7.82 Å². The first-order chi connectivity index (χ1) is 16.7. The molecule has 0 aromatic carbocycles. The molecule has 1 unspecified atom stereocenters. The Kier molecular flexibility index (Phi) is 22.7. The van der Waals surface area contributed by atoms with E-state index in [-0.39, 0.29) is 13.2 Å². The summed E-state index contributed by atoms with van der Waals surface area (Å²) in [5, 5.41) is 0. The average Bonchev–Trinajstić information content (AvgIpc) is 2.79. The fourth-order valence-electron chi connectivity index (χ4n) is 3.50. The third-order valence-corrected chi connectivity index (χ3v) is 6.86. The molecule has 0 aromatic rings. The molecule has 210 valence electrons. The van der Waals surface area contributed by atoms with E-state index in [4.69, 9.17) is 18.5 Å². The van der Waals surface area contributed by atoms with E-state index in [0.29, 0.717) is 24.2 Å². The van der Waals surface area contributed by atoms with E-state index in [1.807, 2.05) is 21.1 Å². The fourth-order valence-corrected chi connectivity index (χ4v) is 4.24. The Hall–Kier alpha value is -0.270. The zero-order chi connectivity index (χ0) is 26.3. The molecule has 0 saturated carbocycles. The van der Waals surface area contributed by atoms with Gasteiger partial charge in [-0.25, -0.2) is 4.57 Å². The number of quaternary nitrogens is 1. The van der Waals surface area contributed by atoms with Crippen LogP contribution in [0.1, 0.15) is 96.8 Å². The summed E-state index contributed by atoms with van der Waals surface area (Å²) in [7, 11) is 3.43. The summed E-state index contributed by atoms with van der Waals surface area (Å²) >= 11 is 0. The normalized spacial score (nSPS) is 15.0. The second-order valence-corrected chi connectivity index (χ2v) is 11.9. The maximum absolute atomic E-state index is 12.0. The summed E-state index contributed by atoms with van der Waals surface area (Å²) in [6, 6.07) is 0. The Balaban J connectivity index is 3.54. The van der Waals surface area contributed by atoms with Gasteiger partial charge in [-0.05, 0) is 32.1 Å². The number of hydrogen-bond acceptors (Lipinski definition) is 5. The molecule has 0 bridgehead atoms. The zero-order valence-electron chi connectivity index (χ0n) is 23.5. The van der Waals surface area contributed by atoms with Gasteiger partial charge in [-0.2, -0.15) is 0 Å². The van der Waals surface area contributed by atoms with Crippen molar-refractivity contribution >= 4 is 7.82 Å². The van der Waals surface area contributed by atoms with Gasteiger partial charge >= 0.3 is 7.82 Å². The molecule has 0 radical (unpaired) electrons. The predicted octanol–water partition coefficient (Wildman–Crippen LogP) is 6.90. The van der Waals surface area contributed by atoms with Crippen LogP contribution in [0.4, 0.5) is 0 Å². The zero-order valence-corrected chi connectivity index (χ0v) is 24.4. The van der Waals surface area contributed by atoms with Crippen LogP contribution in [0.25, 0.3) is 0 Å². The number of rotatable bonds is 26. The molecule has 7 nitrogen and oxygen atoms in total. The number of unbranched alkanes of at least 4 members (excludes halogenated alkanes) is 12. The molecule has 35 heavy (non-hydrogen) atoms. The van der Waals surface area contributed by atoms with Crippen LogP contribution in [-0.2, 0) is 23.1 Å². The summed E-state index contributed by atoms with van der Waals surface area (Å²) in [5.41, 5.74) is 0. The van der Waals surface area contributed by atoms with E-state index in [0.717, 1.165) is 12.8 Å². The van der Waals surface area contributed by atoms with Crippen molar-refractivity contribution < 1.29 is 32.5 Å². The van der Waals surface area contributed by atoms with Crippen LogP contribution < -0.4 is 0 Å². The van der Waals surface area contributed by atoms with Crippen molar-refractivity contribution in [2.24, 2.45) is 0 Å². The summed E-state index contributed by atoms with van der Waals surface area (Å²) in [6.45, 7) is 3.99. The maximum atomic E-state index is 12.0. The minimum Gasteiger partial charge on any atom is -0.379 e. The first-order valence-corrected chi connectivity index (χ1v) is 15.4. The van der Waals surface area contributed by atoms with Gasteiger partial charge in [0.2, 0.25) is 0 Å². The largest absolute Gasteiger partial charge is 0.472 e. The first-order valence-electron chi connectivity index (χ1n) is 13.9. The molecule has 0 rings (SSSR count). The van der Waals surface area contributed by atoms with Crippen LogP contribution in [0, 0.1) is 0 Å². The molecule has 0 aromatic heterocycles. The monoisotopic (exact) mass is 522 g/mol. The smallest absolute Gasteiger partial charge is 0.379 e. The van der Waals surface area contributed by atoms with Crippen molar-refractivity contribution in [3.05, 3.63) is 12.2 Å². The van der Waals surface area contributed by atoms with Crippen molar-refractivity contribution in [1.82, 2.24) is 0 Å². The van der Waals surface area contributed by atoms with Crippen LogP contribution in [0.15, 0.2) is 12.2 Å². The van der Waals surface area contributed by atoms with Gasteiger partial charge in [-0.1, -0.05) is 76.9 Å². The molecule has 0 heterocycles. The van der Waals surface area contributed by atoms with Gasteiger partial charge in [0.05, 0.1) is 34.4 Å². The van der Waals surface area contributed by atoms with Gasteiger partial charge in [-0.15, -0.1) is 0 Å². The van der Waals surface area contributed by atoms with Gasteiger partial charge in [-0.3, -0.25) is 9.05 Å². The molecule has 0 fully saturated rings. The highest BCUT2D eigenvalue weighted by Crippen LogP contribution is 2.43. The maximum Gasteiger partial charge on any atom is 0.472 e. The highest BCUT2D eigenvalue weighted by molar-refractivity contribution is 7.47. The molecule has 0 amide bonds. The second-order valence-electron chi connectivity index (χ2n) is 10.5. The standard InChI is InChI=1S/C27H56NO6P/c1-6-7-8-9-10-11-12-13-14-15-16-17-18-19-20-21-23-32-25-27(31-5)26-34-35(29,30)33-24-22-28(2,3)4/h12-13,27H,6-11,14-26H2,1-5H3/p+1/b13-12-/t27-/m1/s1. The second kappa shape index (κ2) is 22.9. The lowest BCUT2D eigenvalue weighted by atomic mass is 10.1. The molecule has 1 N–H and O–H groups in total. The number of likely N-dealkylation sites (N-methyl/N-ethyl adjacent to an activating group) is 1. The number of methoxy groups -OCH3 is 1. The minimum absolute atomic E-state index is 0.0389. The van der Waals surface area contributed by atoms with Crippen LogP contribution in [0.3, 0.4) is 0 Å². The number of phosphoric ester groups is 1. The van der Waals surface area contributed by atoms with Gasteiger partial charge in [0, 0.05) is 13.7 Å². The molecular weight excluding hydrogens is 465 g/mol. The highest BCUT2D eigenvalue weighted by Gasteiger charge is 2.24. The number of phosphoric acid groups is 1. The van der Waals surface area contributed by atoms with Crippen molar-refractivity contribution in [2.45, 2.75) is 103 Å². The molecule has 0 spiro atoms. The highest BCUT2D eigenvalue weighted by atomic mass is 31.2. The summed E-state index contributed by atoms with van der Waals surface area (Å²) < 4.78 is 33.6. The lowest BCUT2D eigenvalue weighted by Gasteiger charge is -2.24. The van der Waals surface area contributed by atoms with Crippen molar-refractivity contribution in [3.63, 3.8) is 0 Å². The van der Waals surface area contributed by atoms with Crippen LogP contribution in [0.5, 0.6) is 0 Å². The van der Waals surface area contributed by atoms with E-state index in [9.17, 15) is 9.46 Å². The van der Waals surface area contributed by atoms with E-state index in [1.54, 1.807) is 7.11 Å². The molecule has 0 aliphatic heterocycles. The SMILES string of the molecule is CCCCCCC/C=C\CCCCCCCCCOC[C@H](COP(=O)(O)OCC[N+](C)(C)C)OC. The van der Waals surface area contributed by atoms with Crippen LogP contribution in [0.2, 0.25) is 0 Å². The predicted molar refractivity (Wildman–Crippen MR) is 146 cm³/mol. The van der Waals surface area contributed by atoms with E-state index in [1.165, 1.54) is 77.0 Å². The van der Waals surface area contributed by atoms with E-state index in [2.05, 4.69) is 19.1 Å². The van der Waals surface area contributed by atoms with Crippen molar-refractivity contribution in [2.75, 3.05) is 61.2 Å². The van der Waals surface area contributed by atoms with E-state index < -0.39 is 13.9 Å². The number of allylic oxidation sites excluding steroid dienone is 2. The summed E-state index contributed by atoms with van der Waals surface area (Å²) in [6.07, 6.45) is 22.3. The van der Waals surface area contributed by atoms with Gasteiger partial charge in [0.25, 0.3) is 0 Å². The van der Waals surface area contributed by atoms with Gasteiger partial charge < -0.3 is 18.9 Å². The lowest BCUT2D eigenvalue weighted by molar-refractivity contribution is -0.870. The molecule has 8 heteroatoms. The fraction of sp³-hybridized carbons (Fsp3) is 0.926. The molecular formula is C27H57NO6P+. The van der Waals surface area contributed by atoms with Gasteiger partial charge in [0.15, 0.2) is 0 Å². The topological polar surface area (TPSA) is 74.2 Å². The average molecular weight is 523 g/mol. The molecule has 0 aliphatic carbocycles. The molecule has 2 atom stereocenters. The number of ether oxygens (including phenoxy) is 2. The number of nitrogens with zero attached hydrogens (tertiary/aromatic N) is 1. The Labute approximate surface area is 216 Å². The number of hydrogen-bond donors (Lipinski definition) is 1. The Morgan fingerprint density at radius 1 is 0.771 bits per heavy atom. The summed E-state index contributed by atoms with van der Waals surface area (Å²) in [4.78, 5) is 9.79. The Morgan fingerprint density at radius 2 is 1.31 bits per heavy atom. The molecule has 0 aliphatic rings. The van der Waals surface area contributed by atoms with Crippen LogP contribution in [-0.4, -0.2) is 76.7 Å². The van der Waals surface area contributed by atoms with E-state index >= 15 is 0 Å².